The summed E-state index contributed by atoms with van der Waals surface area (Å²) >= 11 is 12.0. The van der Waals surface area contributed by atoms with Gasteiger partial charge in [0.1, 0.15) is 5.75 Å². The zero-order valence-corrected chi connectivity index (χ0v) is 12.6. The largest absolute Gasteiger partial charge is 0.496 e. The van der Waals surface area contributed by atoms with Crippen molar-refractivity contribution in [2.24, 2.45) is 0 Å². The van der Waals surface area contributed by atoms with Gasteiger partial charge in [-0.1, -0.05) is 23.2 Å². The van der Waals surface area contributed by atoms with Gasteiger partial charge < -0.3 is 10.1 Å². The lowest BCUT2D eigenvalue weighted by atomic mass is 10.0. The molecule has 0 atom stereocenters. The van der Waals surface area contributed by atoms with Crippen LogP contribution in [0.5, 0.6) is 5.75 Å². The fourth-order valence-corrected chi connectivity index (χ4v) is 2.63. The Morgan fingerprint density at radius 2 is 1.81 bits per heavy atom. The molecule has 106 valence electrons. The first-order valence-corrected chi connectivity index (χ1v) is 7.00. The number of ether oxygens (including phenoxy) is 1. The predicted octanol–water partition coefficient (Wildman–Crippen LogP) is 4.49. The van der Waals surface area contributed by atoms with Crippen LogP contribution in [-0.2, 0) is 4.79 Å². The number of hydrogen-bond acceptors (Lipinski definition) is 2. The topological polar surface area (TPSA) is 38.3 Å². The molecule has 0 spiro atoms. The molecule has 0 saturated heterocycles. The molecule has 1 amide bonds. The third kappa shape index (κ3) is 2.62. The number of carbonyl (C=O) groups excluding carboxylic acids is 1. The van der Waals surface area contributed by atoms with Gasteiger partial charge in [-0.05, 0) is 42.5 Å². The van der Waals surface area contributed by atoms with Crippen LogP contribution in [0.1, 0.15) is 11.1 Å². The Labute approximate surface area is 132 Å². The van der Waals surface area contributed by atoms with E-state index in [1.54, 1.807) is 49.6 Å². The molecule has 3 rings (SSSR count). The van der Waals surface area contributed by atoms with Crippen molar-refractivity contribution in [1.29, 1.82) is 0 Å². The average molecular weight is 320 g/mol. The minimum atomic E-state index is -0.172. The molecular formula is C16H11Cl2NO2. The zero-order chi connectivity index (χ0) is 15.0. The summed E-state index contributed by atoms with van der Waals surface area (Å²) in [5, 5.41) is 3.96. The Hall–Kier alpha value is -1.97. The van der Waals surface area contributed by atoms with Gasteiger partial charge in [-0.2, -0.15) is 0 Å². The van der Waals surface area contributed by atoms with Crippen molar-refractivity contribution >= 4 is 46.4 Å². The highest BCUT2D eigenvalue weighted by atomic mass is 35.5. The molecule has 0 aliphatic carbocycles. The monoisotopic (exact) mass is 319 g/mol. The molecule has 2 aromatic rings. The predicted molar refractivity (Wildman–Crippen MR) is 86.0 cm³/mol. The maximum Gasteiger partial charge on any atom is 0.256 e. The molecule has 0 aromatic heterocycles. The lowest BCUT2D eigenvalue weighted by Crippen LogP contribution is -2.03. The minimum absolute atomic E-state index is 0.172. The van der Waals surface area contributed by atoms with Crippen LogP contribution in [-0.4, -0.2) is 13.0 Å². The van der Waals surface area contributed by atoms with Gasteiger partial charge in [-0.15, -0.1) is 0 Å². The van der Waals surface area contributed by atoms with Crippen LogP contribution in [0, 0.1) is 0 Å². The van der Waals surface area contributed by atoms with Gasteiger partial charge in [-0.25, -0.2) is 0 Å². The van der Waals surface area contributed by atoms with Crippen LogP contribution in [0.2, 0.25) is 10.0 Å². The van der Waals surface area contributed by atoms with Gasteiger partial charge >= 0.3 is 0 Å². The number of methoxy groups -OCH3 is 1. The van der Waals surface area contributed by atoms with Crippen molar-refractivity contribution in [3.05, 3.63) is 57.6 Å². The number of rotatable bonds is 2. The minimum Gasteiger partial charge on any atom is -0.496 e. The molecule has 0 fully saturated rings. The van der Waals surface area contributed by atoms with Gasteiger partial charge in [-0.3, -0.25) is 4.79 Å². The second-order valence-electron chi connectivity index (χ2n) is 4.59. The van der Waals surface area contributed by atoms with E-state index < -0.39 is 0 Å². The summed E-state index contributed by atoms with van der Waals surface area (Å²) < 4.78 is 5.30. The molecule has 3 nitrogen and oxygen atoms in total. The molecule has 1 heterocycles. The summed E-state index contributed by atoms with van der Waals surface area (Å²) in [7, 11) is 1.57. The Bertz CT molecular complexity index is 769. The maximum atomic E-state index is 12.1. The highest BCUT2D eigenvalue weighted by Crippen LogP contribution is 2.36. The maximum absolute atomic E-state index is 12.1. The molecule has 1 aliphatic rings. The standard InChI is InChI=1S/C16H11Cl2NO2/c1-21-15-5-3-10(17)6-9(15)7-13-12-8-11(18)2-4-14(12)19-16(13)20/h2-8H,1H3,(H,19,20)/b13-7+. The number of benzene rings is 2. The molecule has 1 N–H and O–H groups in total. The molecule has 1 aliphatic heterocycles. The van der Waals surface area contributed by atoms with Gasteiger partial charge in [0, 0.05) is 32.4 Å². The zero-order valence-electron chi connectivity index (χ0n) is 11.1. The lowest BCUT2D eigenvalue weighted by molar-refractivity contribution is -0.110. The van der Waals surface area contributed by atoms with Crippen LogP contribution in [0.25, 0.3) is 11.6 Å². The highest BCUT2D eigenvalue weighted by Gasteiger charge is 2.24. The first-order valence-electron chi connectivity index (χ1n) is 6.25. The van der Waals surface area contributed by atoms with Crippen molar-refractivity contribution in [3.63, 3.8) is 0 Å². The number of anilines is 1. The quantitative estimate of drug-likeness (QED) is 0.828. The van der Waals surface area contributed by atoms with Gasteiger partial charge in [0.05, 0.1) is 7.11 Å². The van der Waals surface area contributed by atoms with Crippen molar-refractivity contribution < 1.29 is 9.53 Å². The molecule has 0 unspecified atom stereocenters. The molecule has 0 bridgehead atoms. The third-order valence-electron chi connectivity index (χ3n) is 3.26. The molecule has 2 aromatic carbocycles. The van der Waals surface area contributed by atoms with Crippen molar-refractivity contribution in [2.45, 2.75) is 0 Å². The van der Waals surface area contributed by atoms with Gasteiger partial charge in [0.2, 0.25) is 0 Å². The van der Waals surface area contributed by atoms with E-state index >= 15 is 0 Å². The number of amides is 1. The normalized spacial score (nSPS) is 15.0. The Morgan fingerprint density at radius 1 is 1.10 bits per heavy atom. The number of fused-ring (bicyclic) bond motifs is 1. The van der Waals surface area contributed by atoms with Gasteiger partial charge in [0.25, 0.3) is 5.91 Å². The van der Waals surface area contributed by atoms with E-state index in [9.17, 15) is 4.79 Å². The summed E-state index contributed by atoms with van der Waals surface area (Å²) in [6.07, 6.45) is 1.75. The first-order chi connectivity index (χ1) is 10.1. The van der Waals surface area contributed by atoms with Crippen LogP contribution >= 0.6 is 23.2 Å². The van der Waals surface area contributed by atoms with Crippen LogP contribution in [0.3, 0.4) is 0 Å². The van der Waals surface area contributed by atoms with E-state index in [0.29, 0.717) is 21.4 Å². The Kier molecular flexibility index (Phi) is 3.62. The van der Waals surface area contributed by atoms with E-state index in [-0.39, 0.29) is 5.91 Å². The molecular weight excluding hydrogens is 309 g/mol. The summed E-state index contributed by atoms with van der Waals surface area (Å²) in [6.45, 7) is 0. The van der Waals surface area contributed by atoms with Crippen LogP contribution < -0.4 is 10.1 Å². The molecule has 0 saturated carbocycles. The summed E-state index contributed by atoms with van der Waals surface area (Å²) in [6, 6.07) is 10.5. The number of halogens is 2. The van der Waals surface area contributed by atoms with E-state index in [4.69, 9.17) is 27.9 Å². The molecule has 5 heteroatoms. The van der Waals surface area contributed by atoms with E-state index in [0.717, 1.165) is 16.8 Å². The third-order valence-corrected chi connectivity index (χ3v) is 3.73. The fourth-order valence-electron chi connectivity index (χ4n) is 2.28. The van der Waals surface area contributed by atoms with Crippen molar-refractivity contribution in [3.8, 4) is 5.75 Å². The first kappa shape index (κ1) is 14.0. The SMILES string of the molecule is COc1ccc(Cl)cc1/C=C1/C(=O)Nc2ccc(Cl)cc21. The second kappa shape index (κ2) is 5.43. The second-order valence-corrected chi connectivity index (χ2v) is 5.46. The smallest absolute Gasteiger partial charge is 0.256 e. The van der Waals surface area contributed by atoms with Gasteiger partial charge in [0.15, 0.2) is 0 Å². The summed E-state index contributed by atoms with van der Waals surface area (Å²) in [4.78, 5) is 12.1. The highest BCUT2D eigenvalue weighted by molar-refractivity contribution is 6.37. The average Bonchev–Trinajstić information content (AvgIpc) is 2.75. The fraction of sp³-hybridized carbons (Fsp3) is 0.0625. The number of carbonyl (C=O) groups is 1. The summed E-state index contributed by atoms with van der Waals surface area (Å²) in [5.74, 6) is 0.476. The molecule has 0 radical (unpaired) electrons. The number of nitrogens with one attached hydrogen (secondary N) is 1. The van der Waals surface area contributed by atoms with E-state index in [1.165, 1.54) is 0 Å². The van der Waals surface area contributed by atoms with E-state index in [1.807, 2.05) is 0 Å². The molecule has 21 heavy (non-hydrogen) atoms. The van der Waals surface area contributed by atoms with Crippen molar-refractivity contribution in [1.82, 2.24) is 0 Å². The van der Waals surface area contributed by atoms with Crippen molar-refractivity contribution in [2.75, 3.05) is 12.4 Å². The van der Waals surface area contributed by atoms with Crippen LogP contribution in [0.4, 0.5) is 5.69 Å². The number of hydrogen-bond donors (Lipinski definition) is 1. The van der Waals surface area contributed by atoms with E-state index in [2.05, 4.69) is 5.32 Å². The Morgan fingerprint density at radius 3 is 2.57 bits per heavy atom. The lowest BCUT2D eigenvalue weighted by Gasteiger charge is -2.06. The Balaban J connectivity index is 2.15. The van der Waals surface area contributed by atoms with Crippen LogP contribution in [0.15, 0.2) is 36.4 Å². The summed E-state index contributed by atoms with van der Waals surface area (Å²) in [5.41, 5.74) is 2.79.